The normalized spacial score (nSPS) is 9.73. The van der Waals surface area contributed by atoms with Crippen LogP contribution in [-0.2, 0) is 6.54 Å². The first kappa shape index (κ1) is 12.0. The molecule has 3 nitrogen and oxygen atoms in total. The molecule has 0 aromatic heterocycles. The van der Waals surface area contributed by atoms with Crippen LogP contribution in [0.2, 0.25) is 0 Å². The van der Waals surface area contributed by atoms with Crippen LogP contribution in [0.5, 0.6) is 0 Å². The highest BCUT2D eigenvalue weighted by molar-refractivity contribution is 9.10. The van der Waals surface area contributed by atoms with Crippen molar-refractivity contribution in [3.63, 3.8) is 0 Å². The molecule has 0 aliphatic heterocycles. The van der Waals surface area contributed by atoms with Crippen molar-refractivity contribution < 1.29 is 4.39 Å². The third-order valence-corrected chi connectivity index (χ3v) is 2.25. The second kappa shape index (κ2) is 6.40. The maximum atomic E-state index is 11.8. The monoisotopic (exact) mass is 273 g/mol. The quantitative estimate of drug-likeness (QED) is 0.581. The Kier molecular flexibility index (Phi) is 5.10. The van der Waals surface area contributed by atoms with Crippen LogP contribution in [0.1, 0.15) is 5.56 Å². The maximum absolute atomic E-state index is 11.8. The standard InChI is InChI=1S/C10H13BrFN3/c11-9-3-1-2-8(6-9)7-15-10(13)14-5-4-12/h1-3,6H,4-5,7H2,(H3,13,14,15). The van der Waals surface area contributed by atoms with Gasteiger partial charge in [-0.1, -0.05) is 28.1 Å². The first-order chi connectivity index (χ1) is 7.22. The van der Waals surface area contributed by atoms with Gasteiger partial charge in [-0.3, -0.25) is 5.41 Å². The van der Waals surface area contributed by atoms with Gasteiger partial charge in [0.05, 0.1) is 0 Å². The van der Waals surface area contributed by atoms with Crippen molar-refractivity contribution >= 4 is 21.9 Å². The van der Waals surface area contributed by atoms with Crippen molar-refractivity contribution in [1.29, 1.82) is 5.41 Å². The third kappa shape index (κ3) is 4.78. The summed E-state index contributed by atoms with van der Waals surface area (Å²) in [6.07, 6.45) is 0. The van der Waals surface area contributed by atoms with Gasteiger partial charge in [0.2, 0.25) is 0 Å². The van der Waals surface area contributed by atoms with Crippen molar-refractivity contribution in [1.82, 2.24) is 10.6 Å². The van der Waals surface area contributed by atoms with E-state index >= 15 is 0 Å². The van der Waals surface area contributed by atoms with Crippen molar-refractivity contribution in [2.45, 2.75) is 6.54 Å². The number of guanidine groups is 1. The molecule has 0 heterocycles. The second-order valence-electron chi connectivity index (χ2n) is 2.97. The lowest BCUT2D eigenvalue weighted by molar-refractivity contribution is 0.489. The van der Waals surface area contributed by atoms with E-state index in [1.165, 1.54) is 0 Å². The Labute approximate surface area is 96.7 Å². The molecule has 0 aliphatic carbocycles. The molecule has 0 atom stereocenters. The van der Waals surface area contributed by atoms with Crippen molar-refractivity contribution in [3.8, 4) is 0 Å². The number of rotatable bonds is 4. The fourth-order valence-corrected chi connectivity index (χ4v) is 1.52. The van der Waals surface area contributed by atoms with Gasteiger partial charge in [-0.2, -0.15) is 0 Å². The average Bonchev–Trinajstić information content (AvgIpc) is 2.23. The van der Waals surface area contributed by atoms with Gasteiger partial charge in [0.15, 0.2) is 5.96 Å². The number of hydrogen-bond acceptors (Lipinski definition) is 1. The highest BCUT2D eigenvalue weighted by Gasteiger charge is 1.96. The van der Waals surface area contributed by atoms with Crippen molar-refractivity contribution in [2.75, 3.05) is 13.2 Å². The van der Waals surface area contributed by atoms with Gasteiger partial charge < -0.3 is 10.6 Å². The molecule has 0 saturated heterocycles. The number of benzene rings is 1. The summed E-state index contributed by atoms with van der Waals surface area (Å²) in [5, 5.41) is 12.8. The number of alkyl halides is 1. The summed E-state index contributed by atoms with van der Waals surface area (Å²) in [4.78, 5) is 0. The van der Waals surface area contributed by atoms with Gasteiger partial charge >= 0.3 is 0 Å². The van der Waals surface area contributed by atoms with E-state index in [1.807, 2.05) is 24.3 Å². The van der Waals surface area contributed by atoms with Crippen LogP contribution in [0.4, 0.5) is 4.39 Å². The van der Waals surface area contributed by atoms with Gasteiger partial charge in [0, 0.05) is 17.6 Å². The zero-order valence-corrected chi connectivity index (χ0v) is 9.77. The summed E-state index contributed by atoms with van der Waals surface area (Å²) in [6, 6.07) is 7.80. The first-order valence-corrected chi connectivity index (χ1v) is 5.38. The number of hydrogen-bond donors (Lipinski definition) is 3. The highest BCUT2D eigenvalue weighted by Crippen LogP contribution is 2.10. The van der Waals surface area contributed by atoms with E-state index in [4.69, 9.17) is 5.41 Å². The van der Waals surface area contributed by atoms with Crippen molar-refractivity contribution in [2.24, 2.45) is 0 Å². The van der Waals surface area contributed by atoms with Crippen LogP contribution in [0.3, 0.4) is 0 Å². The Morgan fingerprint density at radius 1 is 1.40 bits per heavy atom. The lowest BCUT2D eigenvalue weighted by atomic mass is 10.2. The Hall–Kier alpha value is -1.10. The van der Waals surface area contributed by atoms with Gasteiger partial charge in [-0.25, -0.2) is 4.39 Å². The van der Waals surface area contributed by atoms with E-state index in [0.717, 1.165) is 10.0 Å². The van der Waals surface area contributed by atoms with Gasteiger partial charge in [-0.15, -0.1) is 0 Å². The molecule has 5 heteroatoms. The Morgan fingerprint density at radius 3 is 2.87 bits per heavy atom. The molecule has 0 bridgehead atoms. The second-order valence-corrected chi connectivity index (χ2v) is 3.89. The number of nitrogens with one attached hydrogen (secondary N) is 3. The molecule has 0 saturated carbocycles. The fraction of sp³-hybridized carbons (Fsp3) is 0.300. The highest BCUT2D eigenvalue weighted by atomic mass is 79.9. The molecule has 1 aromatic carbocycles. The summed E-state index contributed by atoms with van der Waals surface area (Å²) in [7, 11) is 0. The third-order valence-electron chi connectivity index (χ3n) is 1.75. The Morgan fingerprint density at radius 2 is 2.20 bits per heavy atom. The molecule has 15 heavy (non-hydrogen) atoms. The molecule has 0 spiro atoms. The maximum Gasteiger partial charge on any atom is 0.188 e. The van der Waals surface area contributed by atoms with Crippen LogP contribution in [0.15, 0.2) is 28.7 Å². The zero-order valence-electron chi connectivity index (χ0n) is 8.19. The minimum atomic E-state index is -0.471. The molecule has 0 unspecified atom stereocenters. The van der Waals surface area contributed by atoms with Gasteiger partial charge in [0.1, 0.15) is 6.67 Å². The molecular formula is C10H13BrFN3. The van der Waals surface area contributed by atoms with Crippen molar-refractivity contribution in [3.05, 3.63) is 34.3 Å². The van der Waals surface area contributed by atoms with E-state index in [1.54, 1.807) is 0 Å². The van der Waals surface area contributed by atoms with Crippen LogP contribution >= 0.6 is 15.9 Å². The van der Waals surface area contributed by atoms with Gasteiger partial charge in [0.25, 0.3) is 0 Å². The lowest BCUT2D eigenvalue weighted by Gasteiger charge is -2.09. The Bertz CT molecular complexity index is 330. The van der Waals surface area contributed by atoms with Gasteiger partial charge in [-0.05, 0) is 17.7 Å². The fourth-order valence-electron chi connectivity index (χ4n) is 1.07. The molecule has 0 amide bonds. The predicted molar refractivity (Wildman–Crippen MR) is 62.7 cm³/mol. The van der Waals surface area contributed by atoms with Crippen LogP contribution in [0, 0.1) is 5.41 Å². The van der Waals surface area contributed by atoms with Crippen LogP contribution < -0.4 is 10.6 Å². The zero-order chi connectivity index (χ0) is 11.1. The largest absolute Gasteiger partial charge is 0.354 e. The predicted octanol–water partition coefficient (Wildman–Crippen LogP) is 2.03. The summed E-state index contributed by atoms with van der Waals surface area (Å²) < 4.78 is 12.8. The molecule has 1 rings (SSSR count). The minimum Gasteiger partial charge on any atom is -0.354 e. The van der Waals surface area contributed by atoms with E-state index in [-0.39, 0.29) is 12.5 Å². The molecule has 0 fully saturated rings. The van der Waals surface area contributed by atoms with E-state index in [2.05, 4.69) is 26.6 Å². The summed E-state index contributed by atoms with van der Waals surface area (Å²) in [6.45, 7) is 0.253. The molecule has 1 aromatic rings. The smallest absolute Gasteiger partial charge is 0.188 e. The topological polar surface area (TPSA) is 47.9 Å². The van der Waals surface area contributed by atoms with E-state index in [9.17, 15) is 4.39 Å². The van der Waals surface area contributed by atoms with Crippen LogP contribution in [-0.4, -0.2) is 19.2 Å². The molecule has 0 aliphatic rings. The molecule has 0 radical (unpaired) electrons. The Balaban J connectivity index is 2.33. The van der Waals surface area contributed by atoms with E-state index < -0.39 is 6.67 Å². The lowest BCUT2D eigenvalue weighted by Crippen LogP contribution is -2.36. The molecular weight excluding hydrogens is 261 g/mol. The minimum absolute atomic E-state index is 0.146. The molecule has 3 N–H and O–H groups in total. The summed E-state index contributed by atoms with van der Waals surface area (Å²) in [5.74, 6) is 0.146. The van der Waals surface area contributed by atoms with E-state index in [0.29, 0.717) is 6.54 Å². The number of halogens is 2. The summed E-state index contributed by atoms with van der Waals surface area (Å²) in [5.41, 5.74) is 1.07. The SMILES string of the molecule is N=C(NCCF)NCc1cccc(Br)c1. The first-order valence-electron chi connectivity index (χ1n) is 4.59. The average molecular weight is 274 g/mol. The molecule has 82 valence electrons. The summed E-state index contributed by atoms with van der Waals surface area (Å²) >= 11 is 3.36. The van der Waals surface area contributed by atoms with Crippen LogP contribution in [0.25, 0.3) is 0 Å².